The van der Waals surface area contributed by atoms with E-state index in [0.717, 1.165) is 43.4 Å². The van der Waals surface area contributed by atoms with E-state index in [4.69, 9.17) is 0 Å². The third-order valence-electron chi connectivity index (χ3n) is 7.57. The van der Waals surface area contributed by atoms with E-state index in [1.165, 1.54) is 29.8 Å². The molecule has 0 saturated carbocycles. The topological polar surface area (TPSA) is 18.5 Å². The highest BCUT2D eigenvalue weighted by atomic mass is 19.4. The molecule has 0 N–H and O–H groups in total. The van der Waals surface area contributed by atoms with Crippen molar-refractivity contribution in [2.45, 2.75) is 45.1 Å². The van der Waals surface area contributed by atoms with E-state index in [0.29, 0.717) is 29.8 Å². The van der Waals surface area contributed by atoms with Crippen LogP contribution in [0.5, 0.6) is 11.5 Å². The third kappa shape index (κ3) is 8.13. The summed E-state index contributed by atoms with van der Waals surface area (Å²) in [5.41, 5.74) is 1.39. The van der Waals surface area contributed by atoms with Crippen LogP contribution in [0, 0.1) is 23.3 Å². The van der Waals surface area contributed by atoms with Crippen molar-refractivity contribution >= 4 is 0 Å². The minimum absolute atomic E-state index is 0.119. The number of benzene rings is 5. The molecule has 0 aliphatic carbocycles. The summed E-state index contributed by atoms with van der Waals surface area (Å²) in [6.07, 6.45) is -5.29. The van der Waals surface area contributed by atoms with Crippen LogP contribution in [0.3, 0.4) is 0 Å². The van der Waals surface area contributed by atoms with Gasteiger partial charge in [-0.1, -0.05) is 74.4 Å². The number of rotatable bonds is 11. The summed E-state index contributed by atoms with van der Waals surface area (Å²) >= 11 is 0. The fourth-order valence-electron chi connectivity index (χ4n) is 5.16. The third-order valence-corrected chi connectivity index (χ3v) is 7.57. The van der Waals surface area contributed by atoms with Crippen LogP contribution in [-0.4, -0.2) is 6.36 Å². The minimum Gasteiger partial charge on any atom is -0.429 e. The molecular weight excluding hydrogens is 647 g/mol. The van der Waals surface area contributed by atoms with E-state index < -0.39 is 52.8 Å². The molecule has 0 radical (unpaired) electrons. The fraction of sp³-hybridized carbons (Fsp3) is 0.189. The molecule has 5 rings (SSSR count). The molecule has 250 valence electrons. The molecule has 0 aliphatic heterocycles. The molecule has 2 nitrogen and oxygen atoms in total. The summed E-state index contributed by atoms with van der Waals surface area (Å²) in [6, 6.07) is 19.7. The molecule has 0 bridgehead atoms. The molecule has 11 heteroatoms. The lowest BCUT2D eigenvalue weighted by atomic mass is 9.96. The van der Waals surface area contributed by atoms with Gasteiger partial charge >= 0.3 is 12.5 Å². The number of alkyl halides is 5. The Kier molecular flexibility index (Phi) is 10.1. The van der Waals surface area contributed by atoms with Crippen LogP contribution in [0.25, 0.3) is 33.4 Å². The summed E-state index contributed by atoms with van der Waals surface area (Å²) < 4.78 is 134. The number of ether oxygens (including phenoxy) is 2. The summed E-state index contributed by atoms with van der Waals surface area (Å²) in [6.45, 7) is 2.14. The maximum Gasteiger partial charge on any atom is 0.573 e. The predicted molar refractivity (Wildman–Crippen MR) is 163 cm³/mol. The molecule has 0 amide bonds. The van der Waals surface area contributed by atoms with Gasteiger partial charge in [0.2, 0.25) is 0 Å². The smallest absolute Gasteiger partial charge is 0.429 e. The van der Waals surface area contributed by atoms with Crippen molar-refractivity contribution in [2.75, 3.05) is 0 Å². The standard InChI is InChI=1S/C37H27F9O2/c1-2-3-4-5-22-6-8-23(9-7-22)24-10-14-28(31(38)18-24)25-11-15-29(32(39)19-25)26-12-16-30(33(40)20-26)36(42,43)47-27-13-17-35(34(41)21-27)48-37(44,45)46/h6-21H,2-5H2,1H3. The molecule has 0 unspecified atom stereocenters. The van der Waals surface area contributed by atoms with Gasteiger partial charge in [0.05, 0.1) is 5.56 Å². The zero-order valence-electron chi connectivity index (χ0n) is 25.3. The highest BCUT2D eigenvalue weighted by molar-refractivity contribution is 5.74. The Bertz CT molecular complexity index is 1900. The molecule has 0 heterocycles. The van der Waals surface area contributed by atoms with Crippen molar-refractivity contribution in [3.05, 3.63) is 131 Å². The Morgan fingerprint density at radius 3 is 1.65 bits per heavy atom. The second-order valence-corrected chi connectivity index (χ2v) is 11.0. The van der Waals surface area contributed by atoms with Gasteiger partial charge in [-0.25, -0.2) is 17.6 Å². The Hall–Kier alpha value is -4.93. The summed E-state index contributed by atoms with van der Waals surface area (Å²) in [5.74, 6) is -6.80. The SMILES string of the molecule is CCCCCc1ccc(-c2ccc(-c3ccc(-c4ccc(C(F)(F)Oc5ccc(OC(F)(F)F)c(F)c5)c(F)c4)c(F)c3)c(F)c2)cc1. The average Bonchev–Trinajstić information content (AvgIpc) is 3.02. The van der Waals surface area contributed by atoms with Gasteiger partial charge in [0, 0.05) is 17.2 Å². The van der Waals surface area contributed by atoms with Crippen molar-refractivity contribution in [2.24, 2.45) is 0 Å². The first-order valence-corrected chi connectivity index (χ1v) is 14.9. The van der Waals surface area contributed by atoms with Crippen LogP contribution < -0.4 is 9.47 Å². The summed E-state index contributed by atoms with van der Waals surface area (Å²) in [5, 5.41) is 0. The normalized spacial score (nSPS) is 11.9. The molecule has 0 spiro atoms. The molecule has 0 aliphatic rings. The fourth-order valence-corrected chi connectivity index (χ4v) is 5.16. The van der Waals surface area contributed by atoms with Crippen LogP contribution in [0.15, 0.2) is 97.1 Å². The number of unbranched alkanes of at least 4 members (excludes halogenated alkanes) is 2. The largest absolute Gasteiger partial charge is 0.573 e. The highest BCUT2D eigenvalue weighted by Crippen LogP contribution is 2.38. The molecule has 5 aromatic rings. The Labute approximate surface area is 270 Å². The molecular formula is C37H27F9O2. The van der Waals surface area contributed by atoms with Crippen LogP contribution in [0.2, 0.25) is 0 Å². The lowest BCUT2D eigenvalue weighted by Crippen LogP contribution is -2.23. The van der Waals surface area contributed by atoms with Crippen molar-refractivity contribution < 1.29 is 49.0 Å². The van der Waals surface area contributed by atoms with Crippen molar-refractivity contribution in [3.63, 3.8) is 0 Å². The van der Waals surface area contributed by atoms with Gasteiger partial charge in [0.15, 0.2) is 11.6 Å². The number of halogens is 9. The second-order valence-electron chi connectivity index (χ2n) is 11.0. The van der Waals surface area contributed by atoms with Gasteiger partial charge in [-0.15, -0.1) is 13.2 Å². The van der Waals surface area contributed by atoms with E-state index in [1.807, 2.05) is 24.3 Å². The quantitative estimate of drug-likeness (QED) is 0.103. The number of hydrogen-bond acceptors (Lipinski definition) is 2. The van der Waals surface area contributed by atoms with Crippen molar-refractivity contribution in [1.82, 2.24) is 0 Å². The van der Waals surface area contributed by atoms with Gasteiger partial charge in [0.1, 0.15) is 23.2 Å². The molecule has 0 saturated heterocycles. The van der Waals surface area contributed by atoms with E-state index >= 15 is 8.78 Å². The lowest BCUT2D eigenvalue weighted by molar-refractivity contribution is -0.275. The van der Waals surface area contributed by atoms with Gasteiger partial charge < -0.3 is 9.47 Å². The molecule has 0 aromatic heterocycles. The maximum absolute atomic E-state index is 15.2. The maximum atomic E-state index is 15.2. The monoisotopic (exact) mass is 674 g/mol. The van der Waals surface area contributed by atoms with E-state index in [1.54, 1.807) is 6.07 Å². The van der Waals surface area contributed by atoms with E-state index in [2.05, 4.69) is 16.4 Å². The van der Waals surface area contributed by atoms with Crippen LogP contribution >= 0.6 is 0 Å². The van der Waals surface area contributed by atoms with Crippen LogP contribution in [-0.2, 0) is 12.5 Å². The van der Waals surface area contributed by atoms with Crippen molar-refractivity contribution in [1.29, 1.82) is 0 Å². The lowest BCUT2D eigenvalue weighted by Gasteiger charge is -2.20. The second kappa shape index (κ2) is 14.0. The predicted octanol–water partition coefficient (Wildman–Crippen LogP) is 12.0. The summed E-state index contributed by atoms with van der Waals surface area (Å²) in [4.78, 5) is 0. The molecule has 5 aromatic carbocycles. The first kappa shape index (κ1) is 34.4. The van der Waals surface area contributed by atoms with Crippen LogP contribution in [0.4, 0.5) is 39.5 Å². The highest BCUT2D eigenvalue weighted by Gasteiger charge is 2.38. The van der Waals surface area contributed by atoms with E-state index in [-0.39, 0.29) is 28.3 Å². The Balaban J connectivity index is 1.31. The Morgan fingerprint density at radius 1 is 0.521 bits per heavy atom. The minimum atomic E-state index is -5.22. The van der Waals surface area contributed by atoms with Gasteiger partial charge in [0.25, 0.3) is 0 Å². The number of hydrogen-bond donors (Lipinski definition) is 0. The molecule has 0 fully saturated rings. The van der Waals surface area contributed by atoms with Crippen LogP contribution in [0.1, 0.15) is 37.3 Å². The van der Waals surface area contributed by atoms with Crippen molar-refractivity contribution in [3.8, 4) is 44.9 Å². The number of aryl methyl sites for hydroxylation is 1. The van der Waals surface area contributed by atoms with Gasteiger partial charge in [-0.2, -0.15) is 8.78 Å². The average molecular weight is 675 g/mol. The van der Waals surface area contributed by atoms with E-state index in [9.17, 15) is 30.7 Å². The Morgan fingerprint density at radius 2 is 1.08 bits per heavy atom. The first-order valence-electron chi connectivity index (χ1n) is 14.9. The molecule has 0 atom stereocenters. The summed E-state index contributed by atoms with van der Waals surface area (Å²) in [7, 11) is 0. The first-order chi connectivity index (χ1) is 22.7. The molecule has 48 heavy (non-hydrogen) atoms. The van der Waals surface area contributed by atoms with Gasteiger partial charge in [-0.3, -0.25) is 0 Å². The zero-order valence-corrected chi connectivity index (χ0v) is 25.3. The zero-order chi connectivity index (χ0) is 34.6. The van der Waals surface area contributed by atoms with Gasteiger partial charge in [-0.05, 0) is 77.1 Å².